The molecule has 0 bridgehead atoms. The van der Waals surface area contributed by atoms with E-state index < -0.39 is 0 Å². The highest BCUT2D eigenvalue weighted by Crippen LogP contribution is 2.20. The van der Waals surface area contributed by atoms with E-state index in [9.17, 15) is 9.18 Å². The molecule has 0 atom stereocenters. The molecule has 0 aliphatic rings. The molecule has 4 heteroatoms. The van der Waals surface area contributed by atoms with Crippen molar-refractivity contribution in [3.63, 3.8) is 0 Å². The number of benzene rings is 3. The van der Waals surface area contributed by atoms with Crippen LogP contribution in [0.25, 0.3) is 16.8 Å². The first-order valence-electron chi connectivity index (χ1n) is 8.04. The first-order chi connectivity index (χ1) is 12.2. The first kappa shape index (κ1) is 16.7. The average molecular weight is 335 g/mol. The average Bonchev–Trinajstić information content (AvgIpc) is 2.64. The molecule has 0 saturated carbocycles. The minimum atomic E-state index is -0.299. The molecule has 3 nitrogen and oxygen atoms in total. The molecule has 0 unspecified atom stereocenters. The molecule has 0 aliphatic carbocycles. The second-order valence-corrected chi connectivity index (χ2v) is 5.53. The SMILES string of the molecule is O=C(/C=C/c1ccc(F)cc1)NCCOc1ccc2ccccc2c1. The van der Waals surface area contributed by atoms with Crippen LogP contribution in [0.4, 0.5) is 4.39 Å². The fourth-order valence-electron chi connectivity index (χ4n) is 2.41. The van der Waals surface area contributed by atoms with Gasteiger partial charge in [0.15, 0.2) is 0 Å². The highest BCUT2D eigenvalue weighted by Gasteiger charge is 1.99. The molecule has 1 amide bonds. The maximum Gasteiger partial charge on any atom is 0.244 e. The summed E-state index contributed by atoms with van der Waals surface area (Å²) < 4.78 is 18.5. The van der Waals surface area contributed by atoms with Crippen molar-refractivity contribution in [1.82, 2.24) is 5.32 Å². The Morgan fingerprint density at radius 3 is 2.56 bits per heavy atom. The predicted octanol–water partition coefficient (Wildman–Crippen LogP) is 4.19. The Morgan fingerprint density at radius 2 is 1.76 bits per heavy atom. The Labute approximate surface area is 145 Å². The molecule has 0 saturated heterocycles. The maximum atomic E-state index is 12.8. The molecular weight excluding hydrogens is 317 g/mol. The van der Waals surface area contributed by atoms with E-state index in [0.717, 1.165) is 22.1 Å². The van der Waals surface area contributed by atoms with Crippen molar-refractivity contribution in [2.45, 2.75) is 0 Å². The van der Waals surface area contributed by atoms with Gasteiger partial charge in [0.25, 0.3) is 0 Å². The number of ether oxygens (including phenoxy) is 1. The number of hydrogen-bond acceptors (Lipinski definition) is 2. The van der Waals surface area contributed by atoms with Crippen molar-refractivity contribution < 1.29 is 13.9 Å². The lowest BCUT2D eigenvalue weighted by Gasteiger charge is -2.07. The summed E-state index contributed by atoms with van der Waals surface area (Å²) >= 11 is 0. The van der Waals surface area contributed by atoms with Gasteiger partial charge in [0.05, 0.1) is 6.54 Å². The number of nitrogens with one attached hydrogen (secondary N) is 1. The summed E-state index contributed by atoms with van der Waals surface area (Å²) in [7, 11) is 0. The fraction of sp³-hybridized carbons (Fsp3) is 0.0952. The van der Waals surface area contributed by atoms with Gasteiger partial charge < -0.3 is 10.1 Å². The largest absolute Gasteiger partial charge is 0.492 e. The number of fused-ring (bicyclic) bond motifs is 1. The van der Waals surface area contributed by atoms with Gasteiger partial charge in [-0.15, -0.1) is 0 Å². The second kappa shape index (κ2) is 8.11. The lowest BCUT2D eigenvalue weighted by atomic mass is 10.1. The molecule has 1 N–H and O–H groups in total. The molecular formula is C21H18FNO2. The van der Waals surface area contributed by atoms with E-state index >= 15 is 0 Å². The zero-order valence-corrected chi connectivity index (χ0v) is 13.6. The highest BCUT2D eigenvalue weighted by molar-refractivity contribution is 5.91. The van der Waals surface area contributed by atoms with Crippen LogP contribution in [0, 0.1) is 5.82 Å². The highest BCUT2D eigenvalue weighted by atomic mass is 19.1. The third-order valence-electron chi connectivity index (χ3n) is 3.69. The monoisotopic (exact) mass is 335 g/mol. The number of halogens is 1. The minimum Gasteiger partial charge on any atom is -0.492 e. The minimum absolute atomic E-state index is 0.216. The standard InChI is InChI=1S/C21H18FNO2/c22-19-9-5-16(6-10-19)7-12-21(24)23-13-14-25-20-11-8-17-3-1-2-4-18(17)15-20/h1-12,15H,13-14H2,(H,23,24)/b12-7+. The van der Waals surface area contributed by atoms with Gasteiger partial charge in [-0.2, -0.15) is 0 Å². The van der Waals surface area contributed by atoms with Crippen LogP contribution in [0.15, 0.2) is 72.8 Å². The van der Waals surface area contributed by atoms with Crippen molar-refractivity contribution in [2.75, 3.05) is 13.2 Å². The maximum absolute atomic E-state index is 12.8. The first-order valence-corrected chi connectivity index (χ1v) is 8.04. The molecule has 3 aromatic carbocycles. The summed E-state index contributed by atoms with van der Waals surface area (Å²) in [6, 6.07) is 19.9. The van der Waals surface area contributed by atoms with Crippen LogP contribution in [-0.2, 0) is 4.79 Å². The molecule has 126 valence electrons. The van der Waals surface area contributed by atoms with Crippen LogP contribution in [0.1, 0.15) is 5.56 Å². The Kier molecular flexibility index (Phi) is 5.42. The Balaban J connectivity index is 1.44. The van der Waals surface area contributed by atoms with Crippen molar-refractivity contribution >= 4 is 22.8 Å². The van der Waals surface area contributed by atoms with E-state index in [-0.39, 0.29) is 11.7 Å². The number of carbonyl (C=O) groups excluding carboxylic acids is 1. The number of carbonyl (C=O) groups is 1. The van der Waals surface area contributed by atoms with E-state index in [2.05, 4.69) is 5.32 Å². The van der Waals surface area contributed by atoms with Crippen molar-refractivity contribution in [3.8, 4) is 5.75 Å². The Morgan fingerprint density at radius 1 is 1.00 bits per heavy atom. The summed E-state index contributed by atoms with van der Waals surface area (Å²) in [5, 5.41) is 5.02. The van der Waals surface area contributed by atoms with Crippen LogP contribution in [0.3, 0.4) is 0 Å². The smallest absolute Gasteiger partial charge is 0.244 e. The number of rotatable bonds is 6. The van der Waals surface area contributed by atoms with Gasteiger partial charge >= 0.3 is 0 Å². The number of hydrogen-bond donors (Lipinski definition) is 1. The van der Waals surface area contributed by atoms with Crippen LogP contribution in [-0.4, -0.2) is 19.1 Å². The fourth-order valence-corrected chi connectivity index (χ4v) is 2.41. The van der Waals surface area contributed by atoms with Gasteiger partial charge in [0, 0.05) is 6.08 Å². The van der Waals surface area contributed by atoms with Crippen LogP contribution >= 0.6 is 0 Å². The molecule has 0 radical (unpaired) electrons. The zero-order chi connectivity index (χ0) is 17.5. The van der Waals surface area contributed by atoms with Gasteiger partial charge in [0.2, 0.25) is 5.91 Å². The third-order valence-corrected chi connectivity index (χ3v) is 3.69. The van der Waals surface area contributed by atoms with Crippen LogP contribution in [0.2, 0.25) is 0 Å². The third kappa shape index (κ3) is 4.91. The molecule has 0 fully saturated rings. The molecule has 3 rings (SSSR count). The second-order valence-electron chi connectivity index (χ2n) is 5.53. The van der Waals surface area contributed by atoms with Crippen LogP contribution < -0.4 is 10.1 Å². The van der Waals surface area contributed by atoms with Gasteiger partial charge in [-0.25, -0.2) is 4.39 Å². The Hall–Kier alpha value is -3.14. The van der Waals surface area contributed by atoms with Crippen molar-refractivity contribution in [2.24, 2.45) is 0 Å². The van der Waals surface area contributed by atoms with Crippen LogP contribution in [0.5, 0.6) is 5.75 Å². The molecule has 25 heavy (non-hydrogen) atoms. The Bertz CT molecular complexity index is 888. The van der Waals surface area contributed by atoms with Crippen molar-refractivity contribution in [3.05, 3.63) is 84.2 Å². The van der Waals surface area contributed by atoms with E-state index in [1.54, 1.807) is 18.2 Å². The normalized spacial score (nSPS) is 10.9. The molecule has 0 aliphatic heterocycles. The lowest BCUT2D eigenvalue weighted by molar-refractivity contribution is -0.116. The van der Waals surface area contributed by atoms with E-state index in [4.69, 9.17) is 4.74 Å². The van der Waals surface area contributed by atoms with E-state index in [1.165, 1.54) is 18.2 Å². The lowest BCUT2D eigenvalue weighted by Crippen LogP contribution is -2.26. The molecule has 0 heterocycles. The summed E-state index contributed by atoms with van der Waals surface area (Å²) in [6.07, 6.45) is 3.06. The molecule has 0 aromatic heterocycles. The van der Waals surface area contributed by atoms with Gasteiger partial charge in [-0.1, -0.05) is 42.5 Å². The predicted molar refractivity (Wildman–Crippen MR) is 97.9 cm³/mol. The van der Waals surface area contributed by atoms with Crippen molar-refractivity contribution in [1.29, 1.82) is 0 Å². The summed E-state index contributed by atoms with van der Waals surface area (Å²) in [5.74, 6) is 0.258. The van der Waals surface area contributed by atoms with E-state index in [0.29, 0.717) is 13.2 Å². The molecule has 0 spiro atoms. The quantitative estimate of drug-likeness (QED) is 0.542. The zero-order valence-electron chi connectivity index (χ0n) is 13.6. The summed E-state index contributed by atoms with van der Waals surface area (Å²) in [4.78, 5) is 11.7. The topological polar surface area (TPSA) is 38.3 Å². The summed E-state index contributed by atoms with van der Waals surface area (Å²) in [6.45, 7) is 0.786. The molecule has 3 aromatic rings. The van der Waals surface area contributed by atoms with E-state index in [1.807, 2.05) is 42.5 Å². The van der Waals surface area contributed by atoms with Gasteiger partial charge in [0.1, 0.15) is 18.2 Å². The van der Waals surface area contributed by atoms with Gasteiger partial charge in [-0.05, 0) is 46.7 Å². The van der Waals surface area contributed by atoms with Gasteiger partial charge in [-0.3, -0.25) is 4.79 Å². The summed E-state index contributed by atoms with van der Waals surface area (Å²) in [5.41, 5.74) is 0.768. The number of amides is 1.